The predicted molar refractivity (Wildman–Crippen MR) is 168 cm³/mol. The zero-order valence-corrected chi connectivity index (χ0v) is 29.0. The maximum atomic E-state index is 12.9. The van der Waals surface area contributed by atoms with Gasteiger partial charge in [0.25, 0.3) is 0 Å². The van der Waals surface area contributed by atoms with Crippen LogP contribution in [0.2, 0.25) is 0 Å². The average molecular weight is 723 g/mol. The number of phosphoric ester groups is 3. The Morgan fingerprint density at radius 2 is 1.11 bits per heavy atom. The normalized spacial score (nSPS) is 36.3. The summed E-state index contributed by atoms with van der Waals surface area (Å²) in [5.74, 6) is -0.386. The fourth-order valence-corrected chi connectivity index (χ4v) is 8.44. The highest BCUT2D eigenvalue weighted by molar-refractivity contribution is 7.48. The van der Waals surface area contributed by atoms with Crippen LogP contribution in [0.4, 0.5) is 0 Å². The van der Waals surface area contributed by atoms with Gasteiger partial charge in [0.15, 0.2) is 0 Å². The van der Waals surface area contributed by atoms with Crippen molar-refractivity contribution in [3.8, 4) is 0 Å². The van der Waals surface area contributed by atoms with E-state index in [2.05, 4.69) is 0 Å². The highest BCUT2D eigenvalue weighted by Gasteiger charge is 2.45. The van der Waals surface area contributed by atoms with E-state index in [4.69, 9.17) is 47.1 Å². The van der Waals surface area contributed by atoms with Crippen LogP contribution in [0.15, 0.2) is 0 Å². The molecule has 3 fully saturated rings. The Bertz CT molecular complexity index is 1090. The van der Waals surface area contributed by atoms with Crippen LogP contribution in [-0.2, 0) is 55.0 Å². The monoisotopic (exact) mass is 723 g/mol. The molecule has 0 bridgehead atoms. The number of hydrogen-bond acceptors (Lipinski definition) is 15. The molecule has 24 heteroatoms. The SMILES string of the molecule is B[C@H]1CC(OP(=O)(O)OC[C@H]2O[C@@H](B)CC2OP(=O)(O)OC[C@H]2O[C@@H](B)CC2OP(=O)(O)OCC(CO)CCCCN)[C@@H](CO)O1. The summed E-state index contributed by atoms with van der Waals surface area (Å²) in [7, 11) is -8.93. The van der Waals surface area contributed by atoms with Gasteiger partial charge < -0.3 is 44.8 Å². The topological polar surface area (TPSA) is 261 Å². The quantitative estimate of drug-likeness (QED) is 0.0405. The van der Waals surface area contributed by atoms with Gasteiger partial charge in [-0.25, -0.2) is 13.7 Å². The lowest BCUT2D eigenvalue weighted by molar-refractivity contribution is -0.0325. The second kappa shape index (κ2) is 18.5. The lowest BCUT2D eigenvalue weighted by Gasteiger charge is -2.25. The summed E-state index contributed by atoms with van der Waals surface area (Å²) in [4.78, 5) is 31.0. The number of phosphoric acid groups is 3. The molecule has 0 radical (unpaired) electrons. The van der Waals surface area contributed by atoms with Crippen LogP contribution < -0.4 is 5.73 Å². The van der Waals surface area contributed by atoms with Crippen LogP contribution in [0, 0.1) is 5.92 Å². The first kappa shape index (κ1) is 40.7. The van der Waals surface area contributed by atoms with Gasteiger partial charge in [-0.3, -0.25) is 27.1 Å². The zero-order valence-electron chi connectivity index (χ0n) is 26.3. The third-order valence-corrected chi connectivity index (χ3v) is 10.8. The summed E-state index contributed by atoms with van der Waals surface area (Å²) in [6.07, 6.45) is -3.25. The van der Waals surface area contributed by atoms with E-state index in [0.717, 1.165) is 12.8 Å². The molecule has 7 unspecified atom stereocenters. The fourth-order valence-electron chi connectivity index (χ4n) is 5.49. The largest absolute Gasteiger partial charge is 0.472 e. The Morgan fingerprint density at radius 1 is 0.696 bits per heavy atom. The Morgan fingerprint density at radius 3 is 1.52 bits per heavy atom. The van der Waals surface area contributed by atoms with Crippen molar-refractivity contribution in [1.82, 2.24) is 0 Å². The molecule has 0 saturated carbocycles. The number of hydrogen-bond donors (Lipinski definition) is 6. The Labute approximate surface area is 271 Å². The van der Waals surface area contributed by atoms with E-state index in [-0.39, 0.29) is 44.4 Å². The van der Waals surface area contributed by atoms with Crippen LogP contribution in [0.1, 0.15) is 38.5 Å². The van der Waals surface area contributed by atoms with Gasteiger partial charge in [0.05, 0.1) is 44.7 Å². The molecule has 3 rings (SSSR count). The van der Waals surface area contributed by atoms with Crippen LogP contribution in [0.3, 0.4) is 0 Å². The van der Waals surface area contributed by atoms with E-state index in [9.17, 15) is 38.6 Å². The lowest BCUT2D eigenvalue weighted by Crippen LogP contribution is -2.31. The molecule has 3 heterocycles. The molecular weight excluding hydrogens is 676 g/mol. The first-order valence-corrected chi connectivity index (χ1v) is 19.9. The maximum Gasteiger partial charge on any atom is 0.472 e. The van der Waals surface area contributed by atoms with Gasteiger partial charge in [0.2, 0.25) is 0 Å². The fraction of sp³-hybridized carbons (Fsp3) is 1.00. The molecular formula is C22H47B3NO17P3. The summed E-state index contributed by atoms with van der Waals surface area (Å²) >= 11 is 0. The molecule has 266 valence electrons. The molecule has 3 aliphatic rings. The number of aliphatic hydroxyl groups excluding tert-OH is 2. The minimum Gasteiger partial charge on any atom is -0.396 e. The Kier molecular flexibility index (Phi) is 16.4. The molecule has 3 aliphatic heterocycles. The van der Waals surface area contributed by atoms with Gasteiger partial charge in [-0.2, -0.15) is 0 Å². The molecule has 46 heavy (non-hydrogen) atoms. The van der Waals surface area contributed by atoms with Crippen LogP contribution in [0.25, 0.3) is 0 Å². The zero-order chi connectivity index (χ0) is 34.1. The van der Waals surface area contributed by atoms with E-state index >= 15 is 0 Å². The predicted octanol–water partition coefficient (Wildman–Crippen LogP) is -2.53. The summed E-state index contributed by atoms with van der Waals surface area (Å²) in [5, 5.41) is 19.0. The minimum atomic E-state index is -4.78. The second-order valence-corrected chi connectivity index (χ2v) is 16.1. The third-order valence-electron chi connectivity index (χ3n) is 7.75. The van der Waals surface area contributed by atoms with Crippen LogP contribution in [0.5, 0.6) is 0 Å². The molecule has 7 N–H and O–H groups in total. The lowest BCUT2D eigenvalue weighted by atomic mass is 9.96. The summed E-state index contributed by atoms with van der Waals surface area (Å²) in [6.45, 7) is -1.46. The van der Waals surface area contributed by atoms with E-state index in [1.54, 1.807) is 23.5 Å². The summed E-state index contributed by atoms with van der Waals surface area (Å²) in [6, 6.07) is -1.19. The Hall–Kier alpha value is 0.285. The van der Waals surface area contributed by atoms with Crippen molar-refractivity contribution in [2.75, 3.05) is 39.6 Å². The molecule has 13 atom stereocenters. The maximum absolute atomic E-state index is 12.9. The van der Waals surface area contributed by atoms with Crippen molar-refractivity contribution in [1.29, 1.82) is 0 Å². The van der Waals surface area contributed by atoms with Gasteiger partial charge in [0, 0.05) is 30.5 Å². The van der Waals surface area contributed by atoms with E-state index in [1.807, 2.05) is 0 Å². The second-order valence-electron chi connectivity index (χ2n) is 11.9. The molecule has 18 nitrogen and oxygen atoms in total. The van der Waals surface area contributed by atoms with Crippen molar-refractivity contribution >= 4 is 47.0 Å². The highest BCUT2D eigenvalue weighted by atomic mass is 31.2. The molecule has 0 spiro atoms. The number of nitrogens with two attached hydrogens (primary N) is 1. The average Bonchev–Trinajstić information content (AvgIpc) is 3.61. The van der Waals surface area contributed by atoms with Crippen LogP contribution in [-0.4, -0.2) is 143 Å². The van der Waals surface area contributed by atoms with Gasteiger partial charge >= 0.3 is 23.5 Å². The number of ether oxygens (including phenoxy) is 3. The standard InChI is InChI=1S/C22H47B3NO17P3/c23-20-5-14(17(9-28)38-20)41-45(31,32)36-11-19-16(7-22(25)40-19)43-46(33,34)37-12-18-15(6-21(24)39-18)42-44(29,30)35-10-13(8-27)3-1-2-4-26/h13-22,27-28H,1-12,23-26H2,(H,29,30)(H,31,32)(H,33,34)/t13?,14?,15?,16?,17-,18-,19-,20-,21-,22-/m1/s1. The van der Waals surface area contributed by atoms with Crippen molar-refractivity contribution in [2.45, 2.75) is 93.2 Å². The van der Waals surface area contributed by atoms with Gasteiger partial charge in [-0.05, 0) is 38.6 Å². The smallest absolute Gasteiger partial charge is 0.396 e. The first-order chi connectivity index (χ1) is 21.5. The molecule has 0 aromatic heterocycles. The van der Waals surface area contributed by atoms with E-state index < -0.39 is 91.9 Å². The molecule has 3 saturated heterocycles. The number of unbranched alkanes of at least 4 members (excludes halogenated alkanes) is 1. The molecule has 0 aliphatic carbocycles. The molecule has 0 aromatic rings. The van der Waals surface area contributed by atoms with E-state index in [0.29, 0.717) is 13.0 Å². The van der Waals surface area contributed by atoms with Crippen molar-refractivity contribution in [3.05, 3.63) is 0 Å². The van der Waals surface area contributed by atoms with Gasteiger partial charge in [0.1, 0.15) is 41.9 Å². The highest BCUT2D eigenvalue weighted by Crippen LogP contribution is 2.51. The van der Waals surface area contributed by atoms with Crippen LogP contribution >= 0.6 is 23.5 Å². The van der Waals surface area contributed by atoms with E-state index in [1.165, 1.54) is 0 Å². The molecule has 0 amide bonds. The number of aliphatic hydroxyl groups is 2. The first-order valence-electron chi connectivity index (χ1n) is 15.4. The minimum absolute atomic E-state index is 0.133. The summed E-state index contributed by atoms with van der Waals surface area (Å²) in [5.41, 5.74) is 5.48. The van der Waals surface area contributed by atoms with Crippen molar-refractivity contribution < 1.29 is 79.9 Å². The molecule has 0 aromatic carbocycles. The van der Waals surface area contributed by atoms with Crippen molar-refractivity contribution in [3.63, 3.8) is 0 Å². The Balaban J connectivity index is 1.50. The van der Waals surface area contributed by atoms with Crippen molar-refractivity contribution in [2.24, 2.45) is 11.7 Å². The number of rotatable bonds is 21. The third kappa shape index (κ3) is 13.5. The summed E-state index contributed by atoms with van der Waals surface area (Å²) < 4.78 is 86.0. The van der Waals surface area contributed by atoms with Gasteiger partial charge in [-0.1, -0.05) is 6.42 Å². The van der Waals surface area contributed by atoms with Gasteiger partial charge in [-0.15, -0.1) is 0 Å².